The van der Waals surface area contributed by atoms with E-state index in [1.54, 1.807) is 14.2 Å². The SMILES string of the molecule is C=C/C(=C\C=C(/C)OCCOC)C(C)(C)C1=CC=C(OCCOC)CC1. The summed E-state index contributed by atoms with van der Waals surface area (Å²) in [6.45, 7) is 12.8. The van der Waals surface area contributed by atoms with Gasteiger partial charge in [0.15, 0.2) is 0 Å². The number of hydrogen-bond donors (Lipinski definition) is 0. The van der Waals surface area contributed by atoms with Crippen LogP contribution in [0.2, 0.25) is 0 Å². The normalized spacial score (nSPS) is 16.0. The zero-order valence-corrected chi connectivity index (χ0v) is 17.0. The molecule has 146 valence electrons. The third-order valence-corrected chi connectivity index (χ3v) is 4.55. The molecular formula is C22H34O4. The first-order chi connectivity index (χ1) is 12.5. The summed E-state index contributed by atoms with van der Waals surface area (Å²) >= 11 is 0. The van der Waals surface area contributed by atoms with Gasteiger partial charge in [0.05, 0.1) is 24.7 Å². The molecular weight excluding hydrogens is 328 g/mol. The standard InChI is InChI=1S/C22H34O4/c1-7-19(9-8-18(2)25-16-14-23-5)22(3,4)20-10-12-21(13-11-20)26-17-15-24-6/h7-10,12H,1,11,13-17H2,2-6H3/b18-8+,19-9+. The molecule has 26 heavy (non-hydrogen) atoms. The smallest absolute Gasteiger partial charge is 0.111 e. The Hall–Kier alpha value is -1.78. The van der Waals surface area contributed by atoms with Gasteiger partial charge in [0.25, 0.3) is 0 Å². The number of methoxy groups -OCH3 is 2. The molecule has 4 heteroatoms. The van der Waals surface area contributed by atoms with Crippen LogP contribution < -0.4 is 0 Å². The zero-order chi connectivity index (χ0) is 19.4. The Balaban J connectivity index is 2.81. The fraction of sp³-hybridized carbons (Fsp3) is 0.545. The number of allylic oxidation sites excluding steroid dienone is 9. The summed E-state index contributed by atoms with van der Waals surface area (Å²) in [4.78, 5) is 0. The summed E-state index contributed by atoms with van der Waals surface area (Å²) in [7, 11) is 3.35. The molecule has 0 N–H and O–H groups in total. The van der Waals surface area contributed by atoms with Gasteiger partial charge in [-0.1, -0.05) is 44.2 Å². The first-order valence-electron chi connectivity index (χ1n) is 9.10. The molecule has 0 spiro atoms. The highest BCUT2D eigenvalue weighted by Gasteiger charge is 2.27. The van der Waals surface area contributed by atoms with E-state index in [2.05, 4.69) is 38.7 Å². The highest BCUT2D eigenvalue weighted by atomic mass is 16.5. The van der Waals surface area contributed by atoms with Crippen molar-refractivity contribution in [2.24, 2.45) is 5.41 Å². The average Bonchev–Trinajstić information content (AvgIpc) is 2.63. The second-order valence-corrected chi connectivity index (χ2v) is 6.74. The Bertz CT molecular complexity index is 565. The Kier molecular flexibility index (Phi) is 10.1. The first-order valence-corrected chi connectivity index (χ1v) is 9.10. The molecule has 1 aliphatic rings. The van der Waals surface area contributed by atoms with E-state index in [4.69, 9.17) is 18.9 Å². The van der Waals surface area contributed by atoms with Gasteiger partial charge >= 0.3 is 0 Å². The maximum Gasteiger partial charge on any atom is 0.111 e. The van der Waals surface area contributed by atoms with E-state index < -0.39 is 0 Å². The summed E-state index contributed by atoms with van der Waals surface area (Å²) in [6.07, 6.45) is 12.1. The molecule has 0 saturated carbocycles. The van der Waals surface area contributed by atoms with Crippen LogP contribution in [-0.2, 0) is 18.9 Å². The van der Waals surface area contributed by atoms with Gasteiger partial charge in [-0.25, -0.2) is 0 Å². The van der Waals surface area contributed by atoms with E-state index in [-0.39, 0.29) is 5.41 Å². The molecule has 0 aromatic heterocycles. The van der Waals surface area contributed by atoms with Crippen molar-refractivity contribution in [1.29, 1.82) is 0 Å². The van der Waals surface area contributed by atoms with Crippen LogP contribution >= 0.6 is 0 Å². The molecule has 0 aliphatic heterocycles. The molecule has 1 aliphatic carbocycles. The molecule has 0 atom stereocenters. The van der Waals surface area contributed by atoms with E-state index in [1.807, 2.05) is 19.1 Å². The van der Waals surface area contributed by atoms with Crippen molar-refractivity contribution in [3.05, 3.63) is 59.6 Å². The van der Waals surface area contributed by atoms with Crippen LogP contribution in [0, 0.1) is 5.41 Å². The van der Waals surface area contributed by atoms with E-state index in [0.717, 1.165) is 29.9 Å². The lowest BCUT2D eigenvalue weighted by Crippen LogP contribution is -2.19. The maximum absolute atomic E-state index is 5.72. The number of rotatable bonds is 12. The third kappa shape index (κ3) is 7.22. The van der Waals surface area contributed by atoms with Crippen LogP contribution in [0.3, 0.4) is 0 Å². The number of hydrogen-bond acceptors (Lipinski definition) is 4. The molecule has 4 nitrogen and oxygen atoms in total. The van der Waals surface area contributed by atoms with E-state index in [9.17, 15) is 0 Å². The van der Waals surface area contributed by atoms with Crippen LogP contribution in [0.1, 0.15) is 33.6 Å². The van der Waals surface area contributed by atoms with Gasteiger partial charge in [-0.05, 0) is 31.1 Å². The minimum atomic E-state index is -0.0976. The van der Waals surface area contributed by atoms with Gasteiger partial charge in [0.1, 0.15) is 13.2 Å². The first kappa shape index (κ1) is 22.3. The minimum Gasteiger partial charge on any atom is -0.496 e. The predicted molar refractivity (Wildman–Crippen MR) is 107 cm³/mol. The van der Waals surface area contributed by atoms with Gasteiger partial charge in [0, 0.05) is 26.1 Å². The predicted octanol–water partition coefficient (Wildman–Crippen LogP) is 4.96. The van der Waals surface area contributed by atoms with Crippen LogP contribution in [0.5, 0.6) is 0 Å². The summed E-state index contributed by atoms with van der Waals surface area (Å²) in [5.74, 6) is 1.89. The van der Waals surface area contributed by atoms with Crippen molar-refractivity contribution >= 4 is 0 Å². The molecule has 0 heterocycles. The van der Waals surface area contributed by atoms with Gasteiger partial charge < -0.3 is 18.9 Å². The second-order valence-electron chi connectivity index (χ2n) is 6.74. The molecule has 0 fully saturated rings. The quantitative estimate of drug-likeness (QED) is 0.279. The fourth-order valence-electron chi connectivity index (χ4n) is 2.77. The summed E-state index contributed by atoms with van der Waals surface area (Å²) < 4.78 is 21.3. The topological polar surface area (TPSA) is 36.9 Å². The Labute approximate surface area is 158 Å². The van der Waals surface area contributed by atoms with E-state index >= 15 is 0 Å². The van der Waals surface area contributed by atoms with Crippen molar-refractivity contribution in [3.63, 3.8) is 0 Å². The van der Waals surface area contributed by atoms with Gasteiger partial charge in [-0.15, -0.1) is 0 Å². The molecule has 1 rings (SSSR count). The molecule has 0 aromatic rings. The van der Waals surface area contributed by atoms with E-state index in [0.29, 0.717) is 26.4 Å². The molecule has 0 bridgehead atoms. The molecule has 0 aromatic carbocycles. The van der Waals surface area contributed by atoms with Gasteiger partial charge in [-0.3, -0.25) is 0 Å². The van der Waals surface area contributed by atoms with Gasteiger partial charge in [0.2, 0.25) is 0 Å². The molecule has 0 radical (unpaired) electrons. The lowest BCUT2D eigenvalue weighted by atomic mass is 9.74. The Morgan fingerprint density at radius 3 is 2.31 bits per heavy atom. The van der Waals surface area contributed by atoms with Crippen molar-refractivity contribution < 1.29 is 18.9 Å². The highest BCUT2D eigenvalue weighted by Crippen LogP contribution is 2.40. The van der Waals surface area contributed by atoms with Crippen LogP contribution in [0.25, 0.3) is 0 Å². The lowest BCUT2D eigenvalue weighted by molar-refractivity contribution is 0.105. The summed E-state index contributed by atoms with van der Waals surface area (Å²) in [6, 6.07) is 0. The van der Waals surface area contributed by atoms with Crippen LogP contribution in [0.4, 0.5) is 0 Å². The molecule has 0 amide bonds. The van der Waals surface area contributed by atoms with Crippen molar-refractivity contribution in [3.8, 4) is 0 Å². The summed E-state index contributed by atoms with van der Waals surface area (Å²) in [5, 5.41) is 0. The number of ether oxygens (including phenoxy) is 4. The monoisotopic (exact) mass is 362 g/mol. The maximum atomic E-state index is 5.72. The van der Waals surface area contributed by atoms with Crippen molar-refractivity contribution in [1.82, 2.24) is 0 Å². The van der Waals surface area contributed by atoms with Crippen LogP contribution in [0.15, 0.2) is 59.6 Å². The third-order valence-electron chi connectivity index (χ3n) is 4.55. The average molecular weight is 363 g/mol. The highest BCUT2D eigenvalue weighted by molar-refractivity contribution is 5.39. The van der Waals surface area contributed by atoms with Crippen LogP contribution in [-0.4, -0.2) is 40.6 Å². The second kappa shape index (κ2) is 11.8. The summed E-state index contributed by atoms with van der Waals surface area (Å²) in [5.41, 5.74) is 2.43. The van der Waals surface area contributed by atoms with Crippen molar-refractivity contribution in [2.75, 3.05) is 40.6 Å². The zero-order valence-electron chi connectivity index (χ0n) is 17.0. The lowest BCUT2D eigenvalue weighted by Gasteiger charge is -2.31. The molecule has 0 saturated heterocycles. The fourth-order valence-corrected chi connectivity index (χ4v) is 2.77. The molecule has 0 unspecified atom stereocenters. The minimum absolute atomic E-state index is 0.0976. The Morgan fingerprint density at radius 2 is 1.73 bits per heavy atom. The van der Waals surface area contributed by atoms with Gasteiger partial charge in [-0.2, -0.15) is 0 Å². The van der Waals surface area contributed by atoms with E-state index in [1.165, 1.54) is 5.57 Å². The largest absolute Gasteiger partial charge is 0.496 e. The van der Waals surface area contributed by atoms with Crippen molar-refractivity contribution in [2.45, 2.75) is 33.6 Å². The Morgan fingerprint density at radius 1 is 1.04 bits per heavy atom.